The zero-order chi connectivity index (χ0) is 27.7. The number of halogens is 2. The van der Waals surface area contributed by atoms with Crippen LogP contribution in [0.25, 0.3) is 0 Å². The minimum absolute atomic E-state index is 0.0313. The van der Waals surface area contributed by atoms with Crippen LogP contribution in [0.1, 0.15) is 91.2 Å². The lowest BCUT2D eigenvalue weighted by Gasteiger charge is -2.21. The summed E-state index contributed by atoms with van der Waals surface area (Å²) in [6.45, 7) is 22.8. The number of amidine groups is 1. The van der Waals surface area contributed by atoms with E-state index in [0.29, 0.717) is 16.2 Å². The molecule has 0 spiro atoms. The number of aliphatic imine (C=N–C) groups is 1. The number of rotatable bonds is 8. The van der Waals surface area contributed by atoms with Crippen LogP contribution in [0.5, 0.6) is 0 Å². The molecule has 36 heavy (non-hydrogen) atoms. The zero-order valence-electron chi connectivity index (χ0n) is 23.5. The Balaban J connectivity index is 0.000000558. The Morgan fingerprint density at radius 1 is 1.14 bits per heavy atom. The maximum absolute atomic E-state index is 13.2. The lowest BCUT2D eigenvalue weighted by molar-refractivity contribution is 0.0169. The van der Waals surface area contributed by atoms with Crippen molar-refractivity contribution in [2.45, 2.75) is 92.9 Å². The monoisotopic (exact) mass is 519 g/mol. The van der Waals surface area contributed by atoms with Crippen LogP contribution in [0.4, 0.5) is 14.5 Å². The van der Waals surface area contributed by atoms with E-state index in [1.165, 1.54) is 44.6 Å². The van der Waals surface area contributed by atoms with Gasteiger partial charge in [-0.3, -0.25) is 0 Å². The Labute approximate surface area is 224 Å². The van der Waals surface area contributed by atoms with Gasteiger partial charge >= 0.3 is 0 Å². The third kappa shape index (κ3) is 13.7. The maximum Gasteiger partial charge on any atom is 0.270 e. The van der Waals surface area contributed by atoms with Crippen LogP contribution in [-0.2, 0) is 5.92 Å². The number of likely N-dealkylation sites (tertiary alicyclic amines) is 1. The molecule has 1 aliphatic rings. The number of hydrogen-bond donors (Lipinski definition) is 1. The van der Waals surface area contributed by atoms with Gasteiger partial charge in [-0.05, 0) is 63.8 Å². The molecule has 6 heteroatoms. The maximum atomic E-state index is 13.2. The second-order valence-electron chi connectivity index (χ2n) is 9.19. The van der Waals surface area contributed by atoms with Gasteiger partial charge in [-0.25, -0.2) is 13.8 Å². The molecule has 0 atom stereocenters. The van der Waals surface area contributed by atoms with Crippen molar-refractivity contribution in [3.8, 4) is 0 Å². The molecular formula is C30H47F2N3S. The van der Waals surface area contributed by atoms with E-state index in [-0.39, 0.29) is 5.56 Å². The van der Waals surface area contributed by atoms with E-state index >= 15 is 0 Å². The number of hydrogen-bond acceptors (Lipinski definition) is 2. The fraction of sp³-hybridized carbons (Fsp3) is 0.533. The fourth-order valence-electron chi connectivity index (χ4n) is 3.49. The summed E-state index contributed by atoms with van der Waals surface area (Å²) in [4.78, 5) is 7.30. The Bertz CT molecular complexity index is 888. The molecule has 0 aliphatic carbocycles. The first-order valence-electron chi connectivity index (χ1n) is 12.9. The first-order valence-corrected chi connectivity index (χ1v) is 13.3. The number of nitrogens with one attached hydrogen (secondary N) is 1. The number of benzene rings is 1. The van der Waals surface area contributed by atoms with Crippen molar-refractivity contribution in [3.63, 3.8) is 0 Å². The Morgan fingerprint density at radius 3 is 2.11 bits per heavy atom. The number of allylic oxidation sites excluding steroid dienone is 1. The summed E-state index contributed by atoms with van der Waals surface area (Å²) in [5, 5.41) is 2.84. The molecule has 0 bridgehead atoms. The molecule has 2 rings (SSSR count). The highest BCUT2D eigenvalue weighted by Gasteiger charge is 2.26. The molecule has 1 aliphatic heterocycles. The highest BCUT2D eigenvalue weighted by atomic mass is 32.1. The summed E-state index contributed by atoms with van der Waals surface area (Å²) in [6.07, 6.45) is 11.8. The van der Waals surface area contributed by atoms with Crippen molar-refractivity contribution in [2.24, 2.45) is 4.99 Å². The highest BCUT2D eigenvalue weighted by molar-refractivity contribution is 7.80. The summed E-state index contributed by atoms with van der Waals surface area (Å²) in [5.74, 6) is -1.84. The molecule has 0 saturated carbocycles. The topological polar surface area (TPSA) is 27.6 Å². The van der Waals surface area contributed by atoms with Gasteiger partial charge in [0.05, 0.1) is 4.99 Å². The molecule has 1 fully saturated rings. The molecule has 1 saturated heterocycles. The van der Waals surface area contributed by atoms with Gasteiger partial charge < -0.3 is 10.2 Å². The second kappa shape index (κ2) is 18.0. The number of anilines is 1. The van der Waals surface area contributed by atoms with Crippen LogP contribution < -0.4 is 5.32 Å². The van der Waals surface area contributed by atoms with Gasteiger partial charge in [0.25, 0.3) is 5.92 Å². The molecule has 202 valence electrons. The molecule has 1 heterocycles. The van der Waals surface area contributed by atoms with E-state index < -0.39 is 5.92 Å². The van der Waals surface area contributed by atoms with Crippen LogP contribution in [-0.4, -0.2) is 28.8 Å². The van der Waals surface area contributed by atoms with Gasteiger partial charge in [-0.2, -0.15) is 0 Å². The third-order valence-corrected chi connectivity index (χ3v) is 5.63. The lowest BCUT2D eigenvalue weighted by Crippen LogP contribution is -2.29. The highest BCUT2D eigenvalue weighted by Crippen LogP contribution is 2.31. The quantitative estimate of drug-likeness (QED) is 0.122. The fourth-order valence-corrected chi connectivity index (χ4v) is 3.61. The zero-order valence-corrected chi connectivity index (χ0v) is 24.3. The first kappa shape index (κ1) is 33.7. The summed E-state index contributed by atoms with van der Waals surface area (Å²) >= 11 is 4.85. The number of alkyl halides is 2. The normalized spacial score (nSPS) is 13.5. The molecule has 0 aromatic heterocycles. The Hall–Kier alpha value is -2.34. The summed E-state index contributed by atoms with van der Waals surface area (Å²) in [7, 11) is 0. The Kier molecular flexibility index (Phi) is 16.8. The summed E-state index contributed by atoms with van der Waals surface area (Å²) in [5.41, 5.74) is 3.16. The number of thiocarbonyl (C=S) groups is 1. The number of aryl methyl sites for hydroxylation is 1. The minimum atomic E-state index is -2.82. The molecule has 1 aromatic carbocycles. The van der Waals surface area contributed by atoms with Crippen molar-refractivity contribution in [1.29, 1.82) is 0 Å². The van der Waals surface area contributed by atoms with Crippen LogP contribution in [0.15, 0.2) is 59.8 Å². The number of nitrogens with zero attached hydrogens (tertiary/aromatic N) is 2. The van der Waals surface area contributed by atoms with Gasteiger partial charge in [0.15, 0.2) is 0 Å². The van der Waals surface area contributed by atoms with Crippen molar-refractivity contribution in [2.75, 3.05) is 18.4 Å². The molecule has 1 aromatic rings. The first-order chi connectivity index (χ1) is 16.9. The smallest absolute Gasteiger partial charge is 0.270 e. The molecule has 0 unspecified atom stereocenters. The van der Waals surface area contributed by atoms with Crippen LogP contribution in [0.2, 0.25) is 0 Å². The van der Waals surface area contributed by atoms with E-state index in [4.69, 9.17) is 12.2 Å². The standard InChI is InChI=1S/C13H20N2.C11H13F2NS.C6H14/c1-5-8-14-13(12(4)11(2)3)15-9-6-7-10-15;1-7-4-5-9(14-8(2)15)6-10(7)11(3,12)13;1-3-5-6-4-2/h5,8H,2,4,6-7,9-10H2,1,3H3;4-6H,1-3H3,(H,14,15);3-6H2,1-2H3/b8-5-,14-13?;;. The van der Waals surface area contributed by atoms with E-state index in [1.54, 1.807) is 26.0 Å². The second-order valence-corrected chi connectivity index (χ2v) is 9.81. The van der Waals surface area contributed by atoms with Gasteiger partial charge in [0.1, 0.15) is 5.84 Å². The Morgan fingerprint density at radius 2 is 1.69 bits per heavy atom. The summed E-state index contributed by atoms with van der Waals surface area (Å²) in [6, 6.07) is 4.83. The molecule has 3 nitrogen and oxygen atoms in total. The van der Waals surface area contributed by atoms with E-state index in [0.717, 1.165) is 37.0 Å². The SMILES string of the molecule is C=C(C)C(=C)C(=N/C=C\C)N1CCCC1.CC(=S)Nc1ccc(C)c(C(C)(F)F)c1.CCCCCC. The van der Waals surface area contributed by atoms with Crippen molar-refractivity contribution in [3.05, 3.63) is 65.9 Å². The molecule has 0 amide bonds. The van der Waals surface area contributed by atoms with Crippen LogP contribution in [0.3, 0.4) is 0 Å². The predicted molar refractivity (Wildman–Crippen MR) is 159 cm³/mol. The third-order valence-electron chi connectivity index (χ3n) is 5.52. The number of unbranched alkanes of at least 4 members (excludes halogenated alkanes) is 3. The average Bonchev–Trinajstić information content (AvgIpc) is 3.33. The molecule has 1 N–H and O–H groups in total. The van der Waals surface area contributed by atoms with E-state index in [9.17, 15) is 8.78 Å². The average molecular weight is 520 g/mol. The van der Waals surface area contributed by atoms with E-state index in [2.05, 4.69) is 42.2 Å². The van der Waals surface area contributed by atoms with Crippen molar-refractivity contribution >= 4 is 28.7 Å². The van der Waals surface area contributed by atoms with Crippen LogP contribution in [0, 0.1) is 6.92 Å². The van der Waals surface area contributed by atoms with Gasteiger partial charge in [0, 0.05) is 43.0 Å². The van der Waals surface area contributed by atoms with Crippen molar-refractivity contribution < 1.29 is 8.78 Å². The molecule has 0 radical (unpaired) electrons. The van der Waals surface area contributed by atoms with Gasteiger partial charge in [-0.1, -0.05) is 77.0 Å². The lowest BCUT2D eigenvalue weighted by atomic mass is 10.0. The van der Waals surface area contributed by atoms with E-state index in [1.807, 2.05) is 26.1 Å². The van der Waals surface area contributed by atoms with Gasteiger partial charge in [-0.15, -0.1) is 0 Å². The molecular weight excluding hydrogens is 472 g/mol. The summed E-state index contributed by atoms with van der Waals surface area (Å²) < 4.78 is 26.3. The van der Waals surface area contributed by atoms with Crippen LogP contribution >= 0.6 is 12.2 Å². The van der Waals surface area contributed by atoms with Gasteiger partial charge in [0.2, 0.25) is 0 Å². The minimum Gasteiger partial charge on any atom is -0.356 e. The van der Waals surface area contributed by atoms with Crippen molar-refractivity contribution in [1.82, 2.24) is 4.90 Å². The largest absolute Gasteiger partial charge is 0.356 e. The predicted octanol–water partition coefficient (Wildman–Crippen LogP) is 9.60.